The Morgan fingerprint density at radius 1 is 1.21 bits per heavy atom. The Labute approximate surface area is 113 Å². The maximum atomic E-state index is 10.8. The van der Waals surface area contributed by atoms with Crippen LogP contribution in [0.1, 0.15) is 36.8 Å². The molecule has 1 saturated carbocycles. The second-order valence-electron chi connectivity index (χ2n) is 5.37. The second kappa shape index (κ2) is 6.17. The highest BCUT2D eigenvalue weighted by Gasteiger charge is 2.30. The smallest absolute Gasteiger partial charge is 0.307 e. The third-order valence-corrected chi connectivity index (χ3v) is 3.76. The summed E-state index contributed by atoms with van der Waals surface area (Å²) in [5.74, 6) is -0.818. The third-order valence-electron chi connectivity index (χ3n) is 3.76. The molecule has 2 rings (SSSR count). The number of aliphatic carboxylic acids is 1. The molecule has 0 aromatic heterocycles. The van der Waals surface area contributed by atoms with Crippen molar-refractivity contribution in [2.45, 2.75) is 44.2 Å². The van der Waals surface area contributed by atoms with Gasteiger partial charge < -0.3 is 15.5 Å². The van der Waals surface area contributed by atoms with Gasteiger partial charge in [-0.3, -0.25) is 4.79 Å². The van der Waals surface area contributed by atoms with Crippen molar-refractivity contribution in [2.75, 3.05) is 6.54 Å². The van der Waals surface area contributed by atoms with Gasteiger partial charge >= 0.3 is 5.97 Å². The van der Waals surface area contributed by atoms with Gasteiger partial charge in [0, 0.05) is 13.1 Å². The number of carboxylic acid groups (broad SMARTS) is 1. The molecule has 19 heavy (non-hydrogen) atoms. The molecular weight excluding hydrogens is 242 g/mol. The molecule has 0 bridgehead atoms. The lowest BCUT2D eigenvalue weighted by atomic mass is 10.0. The van der Waals surface area contributed by atoms with Gasteiger partial charge in [-0.15, -0.1) is 0 Å². The van der Waals surface area contributed by atoms with Crippen LogP contribution in [0, 0.1) is 0 Å². The van der Waals surface area contributed by atoms with Gasteiger partial charge in [0.25, 0.3) is 0 Å². The van der Waals surface area contributed by atoms with Crippen LogP contribution in [0.5, 0.6) is 0 Å². The van der Waals surface area contributed by atoms with E-state index < -0.39 is 11.6 Å². The van der Waals surface area contributed by atoms with E-state index >= 15 is 0 Å². The normalized spacial score (nSPS) is 17.5. The number of hydrogen-bond donors (Lipinski definition) is 3. The number of aliphatic hydroxyl groups is 1. The zero-order valence-corrected chi connectivity index (χ0v) is 11.1. The monoisotopic (exact) mass is 263 g/mol. The maximum absolute atomic E-state index is 10.8. The molecule has 4 nitrogen and oxygen atoms in total. The van der Waals surface area contributed by atoms with Gasteiger partial charge in [-0.25, -0.2) is 0 Å². The van der Waals surface area contributed by atoms with Crippen LogP contribution in [-0.2, 0) is 17.8 Å². The number of nitrogens with one attached hydrogen (secondary N) is 1. The molecular formula is C15H21NO3. The first-order chi connectivity index (χ1) is 9.09. The second-order valence-corrected chi connectivity index (χ2v) is 5.37. The van der Waals surface area contributed by atoms with Crippen molar-refractivity contribution in [1.82, 2.24) is 5.32 Å². The van der Waals surface area contributed by atoms with Gasteiger partial charge in [-0.1, -0.05) is 37.1 Å². The Morgan fingerprint density at radius 2 is 1.84 bits per heavy atom. The van der Waals surface area contributed by atoms with Crippen LogP contribution in [0.4, 0.5) is 0 Å². The van der Waals surface area contributed by atoms with Gasteiger partial charge in [0.15, 0.2) is 0 Å². The minimum atomic E-state index is -0.818. The Morgan fingerprint density at radius 3 is 2.47 bits per heavy atom. The van der Waals surface area contributed by atoms with Crippen molar-refractivity contribution in [3.05, 3.63) is 35.4 Å². The summed E-state index contributed by atoms with van der Waals surface area (Å²) in [7, 11) is 0. The Balaban J connectivity index is 1.90. The van der Waals surface area contributed by atoms with Crippen molar-refractivity contribution >= 4 is 5.97 Å². The Hall–Kier alpha value is -1.39. The molecule has 1 aliphatic carbocycles. The van der Waals surface area contributed by atoms with Crippen molar-refractivity contribution in [1.29, 1.82) is 0 Å². The van der Waals surface area contributed by atoms with E-state index in [9.17, 15) is 9.90 Å². The minimum absolute atomic E-state index is 0.0438. The lowest BCUT2D eigenvalue weighted by molar-refractivity contribution is -0.136. The van der Waals surface area contributed by atoms with Crippen molar-refractivity contribution in [3.63, 3.8) is 0 Å². The maximum Gasteiger partial charge on any atom is 0.307 e. The first-order valence-electron chi connectivity index (χ1n) is 6.81. The molecule has 1 fully saturated rings. The molecule has 104 valence electrons. The van der Waals surface area contributed by atoms with E-state index in [0.717, 1.165) is 36.8 Å². The predicted octanol–water partition coefficient (Wildman–Crippen LogP) is 1.71. The van der Waals surface area contributed by atoms with E-state index in [1.807, 2.05) is 24.3 Å². The molecule has 0 saturated heterocycles. The largest absolute Gasteiger partial charge is 0.481 e. The van der Waals surface area contributed by atoms with Crippen molar-refractivity contribution in [3.8, 4) is 0 Å². The summed E-state index contributed by atoms with van der Waals surface area (Å²) in [6.45, 7) is 1.18. The number of carboxylic acids is 1. The average Bonchev–Trinajstić information content (AvgIpc) is 2.78. The van der Waals surface area contributed by atoms with E-state index in [2.05, 4.69) is 5.32 Å². The number of rotatable bonds is 6. The molecule has 0 atom stereocenters. The summed E-state index contributed by atoms with van der Waals surface area (Å²) >= 11 is 0. The topological polar surface area (TPSA) is 69.6 Å². The summed E-state index contributed by atoms with van der Waals surface area (Å²) in [5, 5.41) is 22.4. The van der Waals surface area contributed by atoms with E-state index in [1.165, 1.54) is 0 Å². The molecule has 0 heterocycles. The molecule has 1 aromatic rings. The first kappa shape index (κ1) is 14.0. The summed E-state index contributed by atoms with van der Waals surface area (Å²) < 4.78 is 0. The highest BCUT2D eigenvalue weighted by Crippen LogP contribution is 2.28. The SMILES string of the molecule is O=C(O)Cc1ccccc1CNCC1(O)CCCC1. The fourth-order valence-electron chi connectivity index (χ4n) is 2.71. The highest BCUT2D eigenvalue weighted by atomic mass is 16.4. The molecule has 1 aliphatic rings. The summed E-state index contributed by atoms with van der Waals surface area (Å²) in [6, 6.07) is 7.54. The first-order valence-corrected chi connectivity index (χ1v) is 6.81. The third kappa shape index (κ3) is 4.04. The number of hydrogen-bond acceptors (Lipinski definition) is 3. The van der Waals surface area contributed by atoms with Gasteiger partial charge in [0.05, 0.1) is 12.0 Å². The molecule has 4 heteroatoms. The fraction of sp³-hybridized carbons (Fsp3) is 0.533. The average molecular weight is 263 g/mol. The van der Waals surface area contributed by atoms with Crippen molar-refractivity contribution in [2.24, 2.45) is 0 Å². The van der Waals surface area contributed by atoms with Crippen LogP contribution in [0.2, 0.25) is 0 Å². The lowest BCUT2D eigenvalue weighted by Crippen LogP contribution is -2.37. The molecule has 3 N–H and O–H groups in total. The Bertz CT molecular complexity index is 439. The van der Waals surface area contributed by atoms with Gasteiger partial charge in [0.1, 0.15) is 0 Å². The zero-order chi connectivity index (χ0) is 13.7. The number of benzene rings is 1. The Kier molecular flexibility index (Phi) is 4.56. The van der Waals surface area contributed by atoms with Gasteiger partial charge in [-0.05, 0) is 24.0 Å². The van der Waals surface area contributed by atoms with Gasteiger partial charge in [-0.2, -0.15) is 0 Å². The zero-order valence-electron chi connectivity index (χ0n) is 11.1. The lowest BCUT2D eigenvalue weighted by Gasteiger charge is -2.22. The van der Waals surface area contributed by atoms with Crippen LogP contribution in [0.25, 0.3) is 0 Å². The summed E-state index contributed by atoms with van der Waals surface area (Å²) in [5.41, 5.74) is 1.26. The van der Waals surface area contributed by atoms with E-state index in [1.54, 1.807) is 0 Å². The van der Waals surface area contributed by atoms with E-state index in [4.69, 9.17) is 5.11 Å². The minimum Gasteiger partial charge on any atom is -0.481 e. The van der Waals surface area contributed by atoms with E-state index in [0.29, 0.717) is 13.1 Å². The van der Waals surface area contributed by atoms with E-state index in [-0.39, 0.29) is 6.42 Å². The number of carbonyl (C=O) groups is 1. The van der Waals surface area contributed by atoms with Crippen LogP contribution >= 0.6 is 0 Å². The standard InChI is InChI=1S/C15H21NO3/c17-14(18)9-12-5-1-2-6-13(12)10-16-11-15(19)7-3-4-8-15/h1-2,5-6,16,19H,3-4,7-11H2,(H,17,18). The van der Waals surface area contributed by atoms with Gasteiger partial charge in [0.2, 0.25) is 0 Å². The molecule has 0 spiro atoms. The predicted molar refractivity (Wildman–Crippen MR) is 72.9 cm³/mol. The molecule has 0 aliphatic heterocycles. The summed E-state index contributed by atoms with van der Waals surface area (Å²) in [4.78, 5) is 10.8. The molecule has 1 aromatic carbocycles. The molecule has 0 amide bonds. The van der Waals surface area contributed by atoms with Crippen molar-refractivity contribution < 1.29 is 15.0 Å². The van der Waals surface area contributed by atoms with Crippen LogP contribution in [-0.4, -0.2) is 28.3 Å². The summed E-state index contributed by atoms with van der Waals surface area (Å²) in [6.07, 6.45) is 3.94. The molecule has 0 radical (unpaired) electrons. The fourth-order valence-corrected chi connectivity index (χ4v) is 2.71. The molecule has 0 unspecified atom stereocenters. The quantitative estimate of drug-likeness (QED) is 0.731. The van der Waals surface area contributed by atoms with Crippen LogP contribution in [0.15, 0.2) is 24.3 Å². The van der Waals surface area contributed by atoms with Crippen LogP contribution in [0.3, 0.4) is 0 Å². The highest BCUT2D eigenvalue weighted by molar-refractivity contribution is 5.70. The van der Waals surface area contributed by atoms with Crippen LogP contribution < -0.4 is 5.32 Å².